The summed E-state index contributed by atoms with van der Waals surface area (Å²) in [4.78, 5) is 2.37. The van der Waals surface area contributed by atoms with Crippen molar-refractivity contribution >= 4 is 27.8 Å². The standard InChI is InChI=1S/C56H47N/c1-4-10-42(11-5-1)44-16-24-50(25-17-44)57(51-26-18-45(19-27-51)43-12-6-2-7-13-43)52-28-20-46(21-29-52)53-30-22-48-35-49(23-31-54(48)55(53)47-14-8-3-9-15-47)56-36-39-32-40(37-56)34-41(33-39)38-56/h1-31,35,39-41H,32-34,36-38H2. The highest BCUT2D eigenvalue weighted by molar-refractivity contribution is 6.04. The van der Waals surface area contributed by atoms with E-state index in [-0.39, 0.29) is 0 Å². The molecule has 1 nitrogen and oxygen atoms in total. The van der Waals surface area contributed by atoms with Crippen molar-refractivity contribution in [2.24, 2.45) is 17.8 Å². The number of benzene rings is 8. The summed E-state index contributed by atoms with van der Waals surface area (Å²) in [7, 11) is 0. The van der Waals surface area contributed by atoms with Gasteiger partial charge in [0, 0.05) is 17.1 Å². The van der Waals surface area contributed by atoms with Gasteiger partial charge < -0.3 is 4.90 Å². The van der Waals surface area contributed by atoms with E-state index in [2.05, 4.69) is 199 Å². The van der Waals surface area contributed by atoms with Crippen molar-refractivity contribution in [3.05, 3.63) is 200 Å². The maximum Gasteiger partial charge on any atom is 0.0462 e. The van der Waals surface area contributed by atoms with Crippen LogP contribution in [0, 0.1) is 17.8 Å². The minimum Gasteiger partial charge on any atom is -0.311 e. The third kappa shape index (κ3) is 6.27. The van der Waals surface area contributed by atoms with E-state index < -0.39 is 0 Å². The molecule has 8 aromatic carbocycles. The van der Waals surface area contributed by atoms with Crippen LogP contribution in [0.15, 0.2) is 194 Å². The summed E-state index contributed by atoms with van der Waals surface area (Å²) in [5, 5.41) is 2.71. The van der Waals surface area contributed by atoms with E-state index in [1.54, 1.807) is 5.56 Å². The van der Waals surface area contributed by atoms with Gasteiger partial charge in [0.1, 0.15) is 0 Å². The van der Waals surface area contributed by atoms with Gasteiger partial charge in [-0.25, -0.2) is 0 Å². The first-order valence-electron chi connectivity index (χ1n) is 21.0. The monoisotopic (exact) mass is 733 g/mol. The second kappa shape index (κ2) is 14.1. The van der Waals surface area contributed by atoms with Crippen molar-refractivity contribution < 1.29 is 0 Å². The van der Waals surface area contributed by atoms with Crippen LogP contribution < -0.4 is 4.90 Å². The molecule has 0 aromatic heterocycles. The van der Waals surface area contributed by atoms with Gasteiger partial charge in [0.15, 0.2) is 0 Å². The molecule has 276 valence electrons. The second-order valence-corrected chi connectivity index (χ2v) is 17.2. The maximum absolute atomic E-state index is 2.58. The molecular weight excluding hydrogens is 687 g/mol. The van der Waals surface area contributed by atoms with E-state index in [0.717, 1.165) is 34.8 Å². The molecule has 0 unspecified atom stereocenters. The number of nitrogens with zero attached hydrogens (tertiary/aromatic N) is 1. The molecule has 4 saturated carbocycles. The number of hydrogen-bond acceptors (Lipinski definition) is 1. The largest absolute Gasteiger partial charge is 0.311 e. The van der Waals surface area contributed by atoms with Gasteiger partial charge >= 0.3 is 0 Å². The van der Waals surface area contributed by atoms with Gasteiger partial charge in [0.25, 0.3) is 0 Å². The highest BCUT2D eigenvalue weighted by Gasteiger charge is 2.51. The molecule has 0 aliphatic heterocycles. The summed E-state index contributed by atoms with van der Waals surface area (Å²) in [6.45, 7) is 0. The van der Waals surface area contributed by atoms with Crippen molar-refractivity contribution in [2.75, 3.05) is 4.90 Å². The zero-order valence-corrected chi connectivity index (χ0v) is 32.4. The van der Waals surface area contributed by atoms with Gasteiger partial charge in [0.2, 0.25) is 0 Å². The fraction of sp³-hybridized carbons (Fsp3) is 0.179. The second-order valence-electron chi connectivity index (χ2n) is 17.2. The van der Waals surface area contributed by atoms with Crippen LogP contribution in [0.4, 0.5) is 17.1 Å². The van der Waals surface area contributed by atoms with Crippen LogP contribution in [0.1, 0.15) is 44.1 Å². The first-order valence-corrected chi connectivity index (χ1v) is 21.0. The van der Waals surface area contributed by atoms with Crippen LogP contribution >= 0.6 is 0 Å². The molecular formula is C56H47N. The SMILES string of the molecule is c1ccc(-c2ccc(N(c3ccc(-c4ccccc4)cc3)c3ccc(-c4ccc5cc(C67CC8CC(CC(C8)C6)C7)ccc5c4-c4ccccc4)cc3)cc2)cc1. The van der Waals surface area contributed by atoms with E-state index in [9.17, 15) is 0 Å². The fourth-order valence-corrected chi connectivity index (χ4v) is 11.4. The van der Waals surface area contributed by atoms with E-state index in [4.69, 9.17) is 0 Å². The Morgan fingerprint density at radius 2 is 0.789 bits per heavy atom. The summed E-state index contributed by atoms with van der Waals surface area (Å²) < 4.78 is 0. The Morgan fingerprint density at radius 1 is 0.368 bits per heavy atom. The van der Waals surface area contributed by atoms with Crippen LogP contribution in [0.5, 0.6) is 0 Å². The molecule has 0 spiro atoms. The average molecular weight is 734 g/mol. The lowest BCUT2D eigenvalue weighted by Gasteiger charge is -2.57. The molecule has 0 radical (unpaired) electrons. The molecule has 12 rings (SSSR count). The predicted molar refractivity (Wildman–Crippen MR) is 240 cm³/mol. The van der Waals surface area contributed by atoms with E-state index in [0.29, 0.717) is 5.41 Å². The lowest BCUT2D eigenvalue weighted by atomic mass is 9.48. The first kappa shape index (κ1) is 34.1. The highest BCUT2D eigenvalue weighted by atomic mass is 15.1. The zero-order chi connectivity index (χ0) is 37.8. The Morgan fingerprint density at radius 3 is 1.26 bits per heavy atom. The molecule has 57 heavy (non-hydrogen) atoms. The summed E-state index contributed by atoms with van der Waals surface area (Å²) in [5.41, 5.74) is 15.3. The molecule has 0 amide bonds. The molecule has 0 N–H and O–H groups in total. The van der Waals surface area contributed by atoms with Crippen LogP contribution in [-0.4, -0.2) is 0 Å². The van der Waals surface area contributed by atoms with Crippen LogP contribution in [0.25, 0.3) is 55.3 Å². The van der Waals surface area contributed by atoms with Crippen LogP contribution in [0.2, 0.25) is 0 Å². The van der Waals surface area contributed by atoms with Gasteiger partial charge in [-0.15, -0.1) is 0 Å². The van der Waals surface area contributed by atoms with Crippen molar-refractivity contribution in [3.8, 4) is 44.5 Å². The van der Waals surface area contributed by atoms with E-state index >= 15 is 0 Å². The van der Waals surface area contributed by atoms with Gasteiger partial charge in [-0.1, -0.05) is 158 Å². The number of fused-ring (bicyclic) bond motifs is 1. The Kier molecular flexibility index (Phi) is 8.43. The topological polar surface area (TPSA) is 3.24 Å². The Hall–Kier alpha value is -6.18. The Labute approximate surface area is 337 Å². The third-order valence-corrected chi connectivity index (χ3v) is 13.6. The van der Waals surface area contributed by atoms with Crippen molar-refractivity contribution in [1.29, 1.82) is 0 Å². The number of anilines is 3. The molecule has 4 fully saturated rings. The van der Waals surface area contributed by atoms with Gasteiger partial charge in [-0.2, -0.15) is 0 Å². The van der Waals surface area contributed by atoms with Crippen LogP contribution in [-0.2, 0) is 5.41 Å². The predicted octanol–water partition coefficient (Wildman–Crippen LogP) is 15.4. The number of hydrogen-bond donors (Lipinski definition) is 0. The fourth-order valence-electron chi connectivity index (χ4n) is 11.4. The van der Waals surface area contributed by atoms with E-state index in [1.165, 1.54) is 93.8 Å². The summed E-state index contributed by atoms with van der Waals surface area (Å²) in [6.07, 6.45) is 8.62. The van der Waals surface area contributed by atoms with Crippen molar-refractivity contribution in [2.45, 2.75) is 43.9 Å². The molecule has 0 heterocycles. The maximum atomic E-state index is 2.58. The van der Waals surface area contributed by atoms with Gasteiger partial charge in [-0.05, 0) is 159 Å². The minimum absolute atomic E-state index is 0.389. The Bertz CT molecular complexity index is 2540. The number of rotatable bonds is 8. The molecule has 0 atom stereocenters. The normalized spacial score (nSPS) is 20.8. The highest BCUT2D eigenvalue weighted by Crippen LogP contribution is 2.61. The quantitative estimate of drug-likeness (QED) is 0.150. The van der Waals surface area contributed by atoms with Gasteiger partial charge in [0.05, 0.1) is 0 Å². The van der Waals surface area contributed by atoms with Crippen LogP contribution in [0.3, 0.4) is 0 Å². The molecule has 4 aliphatic rings. The molecule has 0 saturated heterocycles. The lowest BCUT2D eigenvalue weighted by molar-refractivity contribution is -0.00512. The van der Waals surface area contributed by atoms with Crippen molar-refractivity contribution in [1.82, 2.24) is 0 Å². The molecule has 4 bridgehead atoms. The van der Waals surface area contributed by atoms with Crippen molar-refractivity contribution in [3.63, 3.8) is 0 Å². The van der Waals surface area contributed by atoms with E-state index in [1.807, 2.05) is 0 Å². The molecule has 8 aromatic rings. The summed E-state index contributed by atoms with van der Waals surface area (Å²) >= 11 is 0. The Balaban J connectivity index is 0.980. The minimum atomic E-state index is 0.389. The smallest absolute Gasteiger partial charge is 0.0462 e. The average Bonchev–Trinajstić information content (AvgIpc) is 3.27. The first-order chi connectivity index (χ1) is 28.2. The lowest BCUT2D eigenvalue weighted by Crippen LogP contribution is -2.48. The van der Waals surface area contributed by atoms with Gasteiger partial charge in [-0.3, -0.25) is 0 Å². The zero-order valence-electron chi connectivity index (χ0n) is 32.4. The molecule has 1 heteroatoms. The summed E-state index contributed by atoms with van der Waals surface area (Å²) in [5.74, 6) is 2.82. The molecule has 4 aliphatic carbocycles. The third-order valence-electron chi connectivity index (χ3n) is 13.6. The summed E-state index contributed by atoms with van der Waals surface area (Å²) in [6, 6.07) is 71.7.